The van der Waals surface area contributed by atoms with E-state index >= 15 is 0 Å². The summed E-state index contributed by atoms with van der Waals surface area (Å²) in [7, 11) is 2.27. The van der Waals surface area contributed by atoms with Crippen LogP contribution in [-0.2, 0) is 4.74 Å². The van der Waals surface area contributed by atoms with Gasteiger partial charge < -0.3 is 15.0 Å². The molecule has 0 radical (unpaired) electrons. The fourth-order valence-corrected chi connectivity index (χ4v) is 2.15. The largest absolute Gasteiger partial charge is 0.368 e. The maximum Gasteiger partial charge on any atom is 0.167 e. The van der Waals surface area contributed by atoms with E-state index in [9.17, 15) is 0 Å². The first kappa shape index (κ1) is 9.40. The SMILES string of the molecule is C[NH+]1CCOCC1N1CCNCC1. The normalized spacial score (nSPS) is 37.6. The van der Waals surface area contributed by atoms with Crippen molar-refractivity contribution >= 4 is 0 Å². The minimum absolute atomic E-state index is 0.593. The molecule has 0 aromatic heterocycles. The predicted molar refractivity (Wildman–Crippen MR) is 50.8 cm³/mol. The third-order valence-electron chi connectivity index (χ3n) is 3.08. The molecule has 0 aromatic carbocycles. The minimum Gasteiger partial charge on any atom is -0.368 e. The number of ether oxygens (including phenoxy) is 1. The van der Waals surface area contributed by atoms with Gasteiger partial charge in [-0.2, -0.15) is 0 Å². The number of hydrogen-bond donors (Lipinski definition) is 2. The Morgan fingerprint density at radius 3 is 2.85 bits per heavy atom. The van der Waals surface area contributed by atoms with Gasteiger partial charge in [0, 0.05) is 26.2 Å². The molecule has 13 heavy (non-hydrogen) atoms. The summed E-state index contributed by atoms with van der Waals surface area (Å²) >= 11 is 0. The molecule has 0 saturated carbocycles. The topological polar surface area (TPSA) is 28.9 Å². The summed E-state index contributed by atoms with van der Waals surface area (Å²) in [5.41, 5.74) is 0. The Hall–Kier alpha value is -0.160. The molecule has 0 bridgehead atoms. The van der Waals surface area contributed by atoms with Gasteiger partial charge in [-0.3, -0.25) is 0 Å². The maximum absolute atomic E-state index is 5.52. The second-order valence-corrected chi connectivity index (χ2v) is 3.97. The predicted octanol–water partition coefficient (Wildman–Crippen LogP) is -2.24. The van der Waals surface area contributed by atoms with Crippen LogP contribution in [0.25, 0.3) is 0 Å². The monoisotopic (exact) mass is 186 g/mol. The van der Waals surface area contributed by atoms with Gasteiger partial charge in [-0.05, 0) is 0 Å². The van der Waals surface area contributed by atoms with Crippen LogP contribution in [-0.4, -0.2) is 64.1 Å². The van der Waals surface area contributed by atoms with Crippen molar-refractivity contribution in [3.05, 3.63) is 0 Å². The summed E-state index contributed by atoms with van der Waals surface area (Å²) in [6.45, 7) is 7.58. The lowest BCUT2D eigenvalue weighted by Crippen LogP contribution is -3.17. The molecule has 2 aliphatic heterocycles. The average Bonchev–Trinajstić information content (AvgIpc) is 2.20. The van der Waals surface area contributed by atoms with Gasteiger partial charge in [0.2, 0.25) is 0 Å². The van der Waals surface area contributed by atoms with Crippen LogP contribution >= 0.6 is 0 Å². The molecule has 2 unspecified atom stereocenters. The summed E-state index contributed by atoms with van der Waals surface area (Å²) in [5.74, 6) is 0. The molecule has 2 rings (SSSR count). The van der Waals surface area contributed by atoms with Crippen molar-refractivity contribution in [2.24, 2.45) is 0 Å². The molecule has 4 heteroatoms. The van der Waals surface area contributed by atoms with E-state index in [1.165, 1.54) is 13.1 Å². The summed E-state index contributed by atoms with van der Waals surface area (Å²) in [6, 6.07) is 0. The van der Waals surface area contributed by atoms with E-state index in [0.717, 1.165) is 32.8 Å². The highest BCUT2D eigenvalue weighted by Gasteiger charge is 2.29. The number of rotatable bonds is 1. The highest BCUT2D eigenvalue weighted by Crippen LogP contribution is 1.98. The zero-order chi connectivity index (χ0) is 9.10. The number of piperazine rings is 1. The number of nitrogens with one attached hydrogen (secondary N) is 2. The van der Waals surface area contributed by atoms with Crippen LogP contribution in [0.3, 0.4) is 0 Å². The van der Waals surface area contributed by atoms with Gasteiger partial charge >= 0.3 is 0 Å². The van der Waals surface area contributed by atoms with Crippen molar-refractivity contribution in [1.29, 1.82) is 0 Å². The number of likely N-dealkylation sites (N-methyl/N-ethyl adjacent to an activating group) is 1. The van der Waals surface area contributed by atoms with Gasteiger partial charge in [-0.25, -0.2) is 4.90 Å². The van der Waals surface area contributed by atoms with Crippen molar-refractivity contribution in [3.8, 4) is 0 Å². The molecule has 0 aromatic rings. The summed E-state index contributed by atoms with van der Waals surface area (Å²) in [6.07, 6.45) is 0.593. The van der Waals surface area contributed by atoms with E-state index in [1.54, 1.807) is 4.90 Å². The molecule has 0 spiro atoms. The third kappa shape index (κ3) is 2.20. The van der Waals surface area contributed by atoms with Gasteiger partial charge in [0.05, 0.1) is 13.7 Å². The molecule has 2 N–H and O–H groups in total. The fourth-order valence-electron chi connectivity index (χ4n) is 2.15. The van der Waals surface area contributed by atoms with Crippen LogP contribution in [0.2, 0.25) is 0 Å². The zero-order valence-electron chi connectivity index (χ0n) is 8.38. The Morgan fingerprint density at radius 1 is 1.38 bits per heavy atom. The third-order valence-corrected chi connectivity index (χ3v) is 3.08. The van der Waals surface area contributed by atoms with Crippen molar-refractivity contribution in [3.63, 3.8) is 0 Å². The number of morpholine rings is 1. The number of nitrogens with zero attached hydrogens (tertiary/aromatic N) is 1. The number of hydrogen-bond acceptors (Lipinski definition) is 3. The Balaban J connectivity index is 1.88. The molecule has 2 fully saturated rings. The van der Waals surface area contributed by atoms with Crippen molar-refractivity contribution in [1.82, 2.24) is 10.2 Å². The molecular formula is C9H20N3O+. The van der Waals surface area contributed by atoms with Crippen LogP contribution in [0.15, 0.2) is 0 Å². The Morgan fingerprint density at radius 2 is 2.15 bits per heavy atom. The first-order valence-electron chi connectivity index (χ1n) is 5.23. The standard InChI is InChI=1S/C9H19N3O/c1-11-6-7-13-8-9(11)12-4-2-10-3-5-12/h9-10H,2-8H2,1H3/p+1. The van der Waals surface area contributed by atoms with Gasteiger partial charge in [0.25, 0.3) is 0 Å². The first-order valence-corrected chi connectivity index (χ1v) is 5.23. The van der Waals surface area contributed by atoms with Gasteiger partial charge in [0.15, 0.2) is 6.17 Å². The van der Waals surface area contributed by atoms with Gasteiger partial charge in [-0.15, -0.1) is 0 Å². The maximum atomic E-state index is 5.52. The molecule has 2 aliphatic rings. The zero-order valence-corrected chi connectivity index (χ0v) is 8.38. The van der Waals surface area contributed by atoms with E-state index in [-0.39, 0.29) is 0 Å². The van der Waals surface area contributed by atoms with E-state index in [4.69, 9.17) is 4.74 Å². The molecular weight excluding hydrogens is 166 g/mol. The van der Waals surface area contributed by atoms with Crippen LogP contribution in [0.1, 0.15) is 0 Å². The van der Waals surface area contributed by atoms with Gasteiger partial charge in [0.1, 0.15) is 13.2 Å². The minimum atomic E-state index is 0.593. The molecule has 2 heterocycles. The molecule has 0 aliphatic carbocycles. The van der Waals surface area contributed by atoms with E-state index in [0.29, 0.717) is 6.17 Å². The van der Waals surface area contributed by atoms with E-state index in [2.05, 4.69) is 17.3 Å². The average molecular weight is 186 g/mol. The molecule has 4 nitrogen and oxygen atoms in total. The Labute approximate surface area is 79.8 Å². The van der Waals surface area contributed by atoms with Crippen molar-refractivity contribution in [2.75, 3.05) is 53.0 Å². The summed E-state index contributed by atoms with van der Waals surface area (Å²) in [5, 5.41) is 3.38. The van der Waals surface area contributed by atoms with Crippen molar-refractivity contribution in [2.45, 2.75) is 6.17 Å². The fraction of sp³-hybridized carbons (Fsp3) is 1.00. The lowest BCUT2D eigenvalue weighted by atomic mass is 10.3. The first-order chi connectivity index (χ1) is 6.38. The smallest absolute Gasteiger partial charge is 0.167 e. The second kappa shape index (κ2) is 4.37. The molecule has 2 saturated heterocycles. The lowest BCUT2D eigenvalue weighted by Gasteiger charge is -2.39. The van der Waals surface area contributed by atoms with Gasteiger partial charge in [-0.1, -0.05) is 0 Å². The molecule has 76 valence electrons. The van der Waals surface area contributed by atoms with Crippen molar-refractivity contribution < 1.29 is 9.64 Å². The molecule has 0 amide bonds. The van der Waals surface area contributed by atoms with Crippen LogP contribution in [0.5, 0.6) is 0 Å². The summed E-state index contributed by atoms with van der Waals surface area (Å²) in [4.78, 5) is 4.15. The number of quaternary nitrogens is 1. The Bertz CT molecular complexity index is 159. The van der Waals surface area contributed by atoms with Crippen LogP contribution < -0.4 is 10.2 Å². The van der Waals surface area contributed by atoms with E-state index in [1.807, 2.05) is 0 Å². The Kier molecular flexibility index (Phi) is 3.16. The lowest BCUT2D eigenvalue weighted by molar-refractivity contribution is -0.927. The van der Waals surface area contributed by atoms with Crippen LogP contribution in [0.4, 0.5) is 0 Å². The second-order valence-electron chi connectivity index (χ2n) is 3.97. The highest BCUT2D eigenvalue weighted by molar-refractivity contribution is 4.70. The summed E-state index contributed by atoms with van der Waals surface area (Å²) < 4.78 is 5.52. The highest BCUT2D eigenvalue weighted by atomic mass is 16.5. The molecule has 2 atom stereocenters. The van der Waals surface area contributed by atoms with Crippen LogP contribution in [0, 0.1) is 0 Å². The van der Waals surface area contributed by atoms with E-state index < -0.39 is 0 Å². The quantitative estimate of drug-likeness (QED) is 0.485.